The summed E-state index contributed by atoms with van der Waals surface area (Å²) in [6, 6.07) is 8.91. The van der Waals surface area contributed by atoms with Crippen molar-refractivity contribution >= 4 is 58.2 Å². The molecule has 0 aliphatic rings. The summed E-state index contributed by atoms with van der Waals surface area (Å²) >= 11 is 23.3. The van der Waals surface area contributed by atoms with Gasteiger partial charge in [-0.25, -0.2) is 0 Å². The quantitative estimate of drug-likeness (QED) is 0.748. The van der Waals surface area contributed by atoms with Gasteiger partial charge in [0.1, 0.15) is 5.75 Å². The Morgan fingerprint density at radius 2 is 1.54 bits per heavy atom. The molecule has 5 nitrogen and oxygen atoms in total. The number of halogens is 4. The first-order valence-corrected chi connectivity index (χ1v) is 7.99. The molecule has 24 heavy (non-hydrogen) atoms. The summed E-state index contributed by atoms with van der Waals surface area (Å²) in [6.07, 6.45) is 0. The summed E-state index contributed by atoms with van der Waals surface area (Å²) in [5.74, 6) is -0.857. The molecule has 0 radical (unpaired) electrons. The molecule has 0 bridgehead atoms. The molecule has 9 heteroatoms. The zero-order valence-electron chi connectivity index (χ0n) is 11.9. The molecular formula is C15H10Cl4N2O3. The van der Waals surface area contributed by atoms with Gasteiger partial charge in [-0.15, -0.1) is 0 Å². The second kappa shape index (κ2) is 8.44. The molecule has 0 spiro atoms. The average Bonchev–Trinajstić information content (AvgIpc) is 2.50. The third-order valence-electron chi connectivity index (χ3n) is 2.69. The van der Waals surface area contributed by atoms with Gasteiger partial charge >= 0.3 is 0 Å². The molecule has 0 aliphatic heterocycles. The van der Waals surface area contributed by atoms with E-state index in [1.54, 1.807) is 6.07 Å². The standard InChI is InChI=1S/C15H10Cl4N2O3/c16-9-1-2-13(12(19)6-9)24-7-14(22)20-21-15(23)8-3-10(17)5-11(18)4-8/h1-6H,7H2,(H,20,22)(H,21,23). The van der Waals surface area contributed by atoms with Crippen molar-refractivity contribution in [1.29, 1.82) is 0 Å². The fourth-order valence-corrected chi connectivity index (χ4v) is 2.64. The number of carbonyl (C=O) groups is 2. The summed E-state index contributed by atoms with van der Waals surface area (Å²) in [6.45, 7) is -0.349. The molecule has 0 fully saturated rings. The predicted octanol–water partition coefficient (Wildman–Crippen LogP) is 4.14. The Balaban J connectivity index is 1.85. The van der Waals surface area contributed by atoms with Crippen molar-refractivity contribution in [3.8, 4) is 5.75 Å². The van der Waals surface area contributed by atoms with E-state index in [0.717, 1.165) is 0 Å². The minimum atomic E-state index is -0.581. The van der Waals surface area contributed by atoms with Crippen LogP contribution in [0.3, 0.4) is 0 Å². The largest absolute Gasteiger partial charge is 0.482 e. The van der Waals surface area contributed by atoms with E-state index >= 15 is 0 Å². The van der Waals surface area contributed by atoms with E-state index in [0.29, 0.717) is 20.8 Å². The van der Waals surface area contributed by atoms with Gasteiger partial charge in [0.2, 0.25) is 0 Å². The molecule has 0 saturated carbocycles. The van der Waals surface area contributed by atoms with E-state index < -0.39 is 11.8 Å². The third kappa shape index (κ3) is 5.46. The Morgan fingerprint density at radius 1 is 0.875 bits per heavy atom. The lowest BCUT2D eigenvalue weighted by atomic mass is 10.2. The Hall–Kier alpha value is -1.66. The van der Waals surface area contributed by atoms with Crippen LogP contribution < -0.4 is 15.6 Å². The zero-order valence-corrected chi connectivity index (χ0v) is 14.9. The van der Waals surface area contributed by atoms with Gasteiger partial charge in [-0.2, -0.15) is 0 Å². The molecular weight excluding hydrogens is 398 g/mol. The fourth-order valence-electron chi connectivity index (χ4n) is 1.66. The number of ether oxygens (including phenoxy) is 1. The van der Waals surface area contributed by atoms with Crippen molar-refractivity contribution in [3.63, 3.8) is 0 Å². The summed E-state index contributed by atoms with van der Waals surface area (Å²) < 4.78 is 5.23. The monoisotopic (exact) mass is 406 g/mol. The highest BCUT2D eigenvalue weighted by Gasteiger charge is 2.10. The van der Waals surface area contributed by atoms with Crippen LogP contribution in [0.4, 0.5) is 0 Å². The van der Waals surface area contributed by atoms with Crippen molar-refractivity contribution < 1.29 is 14.3 Å². The van der Waals surface area contributed by atoms with Gasteiger partial charge in [0.25, 0.3) is 11.8 Å². The zero-order chi connectivity index (χ0) is 17.7. The summed E-state index contributed by atoms with van der Waals surface area (Å²) in [4.78, 5) is 23.6. The van der Waals surface area contributed by atoms with E-state index in [4.69, 9.17) is 51.1 Å². The Morgan fingerprint density at radius 3 is 2.17 bits per heavy atom. The highest BCUT2D eigenvalue weighted by molar-refractivity contribution is 6.36. The summed E-state index contributed by atoms with van der Waals surface area (Å²) in [5.41, 5.74) is 4.63. The minimum Gasteiger partial charge on any atom is -0.482 e. The van der Waals surface area contributed by atoms with E-state index in [1.807, 2.05) is 0 Å². The van der Waals surface area contributed by atoms with Gasteiger partial charge < -0.3 is 4.74 Å². The van der Waals surface area contributed by atoms with Gasteiger partial charge in [0.05, 0.1) is 5.02 Å². The van der Waals surface area contributed by atoms with Crippen LogP contribution in [0.5, 0.6) is 5.75 Å². The SMILES string of the molecule is O=C(COc1ccc(Cl)cc1Cl)NNC(=O)c1cc(Cl)cc(Cl)c1. The van der Waals surface area contributed by atoms with Gasteiger partial charge in [0.15, 0.2) is 6.61 Å². The van der Waals surface area contributed by atoms with E-state index in [1.165, 1.54) is 30.3 Å². The van der Waals surface area contributed by atoms with Crippen LogP contribution in [0, 0.1) is 0 Å². The topological polar surface area (TPSA) is 67.4 Å². The Bertz CT molecular complexity index is 763. The minimum absolute atomic E-state index is 0.203. The lowest BCUT2D eigenvalue weighted by Crippen LogP contribution is -2.43. The van der Waals surface area contributed by atoms with Crippen molar-refractivity contribution in [2.45, 2.75) is 0 Å². The van der Waals surface area contributed by atoms with E-state index in [-0.39, 0.29) is 17.2 Å². The van der Waals surface area contributed by atoms with Crippen molar-refractivity contribution in [2.75, 3.05) is 6.61 Å². The number of nitrogens with one attached hydrogen (secondary N) is 2. The van der Waals surface area contributed by atoms with E-state index in [9.17, 15) is 9.59 Å². The van der Waals surface area contributed by atoms with E-state index in [2.05, 4.69) is 10.9 Å². The van der Waals surface area contributed by atoms with Crippen molar-refractivity contribution in [1.82, 2.24) is 10.9 Å². The van der Waals surface area contributed by atoms with Crippen molar-refractivity contribution in [2.24, 2.45) is 0 Å². The van der Waals surface area contributed by atoms with Crippen LogP contribution >= 0.6 is 46.4 Å². The number of hydrogen-bond acceptors (Lipinski definition) is 3. The highest BCUT2D eigenvalue weighted by atomic mass is 35.5. The normalized spacial score (nSPS) is 10.2. The molecule has 2 amide bonds. The predicted molar refractivity (Wildman–Crippen MR) is 94.0 cm³/mol. The van der Waals surface area contributed by atoms with Gasteiger partial charge in [0, 0.05) is 20.6 Å². The molecule has 2 N–H and O–H groups in total. The smallest absolute Gasteiger partial charge is 0.276 e. The molecule has 2 aromatic rings. The number of hydrogen-bond donors (Lipinski definition) is 2. The Kier molecular flexibility index (Phi) is 6.57. The molecule has 0 unspecified atom stereocenters. The van der Waals surface area contributed by atoms with Crippen LogP contribution in [-0.4, -0.2) is 18.4 Å². The molecule has 0 aliphatic carbocycles. The van der Waals surface area contributed by atoms with Gasteiger partial charge in [-0.3, -0.25) is 20.4 Å². The molecule has 2 rings (SSSR count). The second-order valence-electron chi connectivity index (χ2n) is 4.52. The fraction of sp³-hybridized carbons (Fsp3) is 0.0667. The van der Waals surface area contributed by atoms with Crippen molar-refractivity contribution in [3.05, 3.63) is 62.1 Å². The van der Waals surface area contributed by atoms with Crippen LogP contribution in [-0.2, 0) is 4.79 Å². The highest BCUT2D eigenvalue weighted by Crippen LogP contribution is 2.27. The van der Waals surface area contributed by atoms with Crippen LogP contribution in [0.2, 0.25) is 20.1 Å². The molecule has 126 valence electrons. The first-order valence-electron chi connectivity index (χ1n) is 6.48. The number of carbonyl (C=O) groups excluding carboxylic acids is 2. The van der Waals surface area contributed by atoms with Gasteiger partial charge in [-0.05, 0) is 36.4 Å². The van der Waals surface area contributed by atoms with Crippen LogP contribution in [0.15, 0.2) is 36.4 Å². The average molecular weight is 408 g/mol. The Labute approximate surface area is 157 Å². The molecule has 0 saturated heterocycles. The van der Waals surface area contributed by atoms with Crippen LogP contribution in [0.1, 0.15) is 10.4 Å². The first-order chi connectivity index (χ1) is 11.3. The summed E-state index contributed by atoms with van der Waals surface area (Å²) in [5, 5.41) is 1.33. The second-order valence-corrected chi connectivity index (χ2v) is 6.24. The molecule has 2 aromatic carbocycles. The molecule has 0 atom stereocenters. The maximum atomic E-state index is 11.9. The maximum absolute atomic E-state index is 11.9. The maximum Gasteiger partial charge on any atom is 0.276 e. The molecule has 0 heterocycles. The number of rotatable bonds is 4. The third-order valence-corrected chi connectivity index (χ3v) is 3.66. The van der Waals surface area contributed by atoms with Gasteiger partial charge in [-0.1, -0.05) is 46.4 Å². The lowest BCUT2D eigenvalue weighted by Gasteiger charge is -2.10. The molecule has 0 aromatic heterocycles. The number of amides is 2. The van der Waals surface area contributed by atoms with Crippen LogP contribution in [0.25, 0.3) is 0 Å². The summed E-state index contributed by atoms with van der Waals surface area (Å²) in [7, 11) is 0. The number of benzene rings is 2. The lowest BCUT2D eigenvalue weighted by molar-refractivity contribution is -0.123. The first kappa shape index (κ1) is 18.7. The number of hydrazine groups is 1.